The second-order valence-electron chi connectivity index (χ2n) is 5.11. The average molecular weight is 372 g/mol. The average Bonchev–Trinajstić information content (AvgIpc) is 2.82. The standard InChI is InChI=1S/C13H11BrF5NO/c1-11(10(21)20-6-12(15,16)17)9(13(11,18)19)7-2-4-8(14)5-3-7/h2-5,9H,6H2,1H3,(H,20,21). The van der Waals surface area contributed by atoms with E-state index in [0.717, 1.165) is 6.92 Å². The first-order valence-corrected chi connectivity index (χ1v) is 6.78. The number of halogens is 6. The van der Waals surface area contributed by atoms with Crippen molar-refractivity contribution < 1.29 is 26.7 Å². The first kappa shape index (κ1) is 16.2. The molecular weight excluding hydrogens is 361 g/mol. The van der Waals surface area contributed by atoms with E-state index in [-0.39, 0.29) is 5.56 Å². The molecule has 1 aliphatic rings. The van der Waals surface area contributed by atoms with Crippen LogP contribution in [0.2, 0.25) is 0 Å². The van der Waals surface area contributed by atoms with Gasteiger partial charge in [-0.25, -0.2) is 8.78 Å². The van der Waals surface area contributed by atoms with Crippen molar-refractivity contribution in [2.75, 3.05) is 6.54 Å². The van der Waals surface area contributed by atoms with E-state index < -0.39 is 35.9 Å². The van der Waals surface area contributed by atoms with Crippen LogP contribution >= 0.6 is 15.9 Å². The van der Waals surface area contributed by atoms with Crippen LogP contribution in [-0.2, 0) is 4.79 Å². The first-order valence-electron chi connectivity index (χ1n) is 5.98. The molecule has 1 aromatic rings. The third-order valence-corrected chi connectivity index (χ3v) is 4.20. The van der Waals surface area contributed by atoms with Gasteiger partial charge in [-0.3, -0.25) is 4.79 Å². The molecule has 1 amide bonds. The topological polar surface area (TPSA) is 29.1 Å². The summed E-state index contributed by atoms with van der Waals surface area (Å²) in [6.07, 6.45) is -4.64. The molecule has 0 aromatic heterocycles. The SMILES string of the molecule is CC1(C(=O)NCC(F)(F)F)C(c2ccc(Br)cc2)C1(F)F. The van der Waals surface area contributed by atoms with Gasteiger partial charge in [0.25, 0.3) is 5.92 Å². The Morgan fingerprint density at radius 1 is 1.29 bits per heavy atom. The number of rotatable bonds is 3. The zero-order valence-electron chi connectivity index (χ0n) is 10.8. The fraction of sp³-hybridized carbons (Fsp3) is 0.462. The summed E-state index contributed by atoms with van der Waals surface area (Å²) in [5.41, 5.74) is -1.95. The molecule has 2 rings (SSSR count). The number of benzene rings is 1. The number of alkyl halides is 5. The fourth-order valence-electron chi connectivity index (χ4n) is 2.38. The van der Waals surface area contributed by atoms with Crippen molar-refractivity contribution >= 4 is 21.8 Å². The quantitative estimate of drug-likeness (QED) is 0.803. The lowest BCUT2D eigenvalue weighted by atomic mass is 10.0. The lowest BCUT2D eigenvalue weighted by molar-refractivity contribution is -0.143. The summed E-state index contributed by atoms with van der Waals surface area (Å²) < 4.78 is 64.8. The van der Waals surface area contributed by atoms with Crippen LogP contribution in [0.5, 0.6) is 0 Å². The van der Waals surface area contributed by atoms with Crippen LogP contribution in [0.1, 0.15) is 18.4 Å². The van der Waals surface area contributed by atoms with E-state index in [1.165, 1.54) is 29.6 Å². The Labute approximate surface area is 125 Å². The maximum atomic E-state index is 13.9. The van der Waals surface area contributed by atoms with Gasteiger partial charge >= 0.3 is 6.18 Å². The number of carbonyl (C=O) groups is 1. The summed E-state index contributed by atoms with van der Waals surface area (Å²) in [4.78, 5) is 11.7. The van der Waals surface area contributed by atoms with Gasteiger partial charge in [-0.2, -0.15) is 13.2 Å². The molecule has 1 saturated carbocycles. The third kappa shape index (κ3) is 2.77. The Morgan fingerprint density at radius 3 is 2.29 bits per heavy atom. The third-order valence-electron chi connectivity index (χ3n) is 3.67. The zero-order valence-corrected chi connectivity index (χ0v) is 12.4. The van der Waals surface area contributed by atoms with Gasteiger partial charge in [0.05, 0.1) is 5.92 Å². The Hall–Kier alpha value is -1.18. The minimum absolute atomic E-state index is 0.216. The molecule has 8 heteroatoms. The largest absolute Gasteiger partial charge is 0.405 e. The zero-order chi connectivity index (χ0) is 16.1. The van der Waals surface area contributed by atoms with Crippen molar-refractivity contribution in [3.63, 3.8) is 0 Å². The van der Waals surface area contributed by atoms with E-state index in [9.17, 15) is 26.7 Å². The summed E-state index contributed by atoms with van der Waals surface area (Å²) in [5, 5.41) is 1.54. The maximum absolute atomic E-state index is 13.9. The highest BCUT2D eigenvalue weighted by molar-refractivity contribution is 9.10. The molecule has 0 spiro atoms. The molecule has 1 N–H and O–H groups in total. The summed E-state index contributed by atoms with van der Waals surface area (Å²) >= 11 is 3.16. The van der Waals surface area contributed by atoms with Gasteiger partial charge in [0.15, 0.2) is 0 Å². The van der Waals surface area contributed by atoms with Gasteiger partial charge < -0.3 is 5.32 Å². The van der Waals surface area contributed by atoms with Gasteiger partial charge in [0, 0.05) is 4.47 Å². The molecule has 2 nitrogen and oxygen atoms in total. The van der Waals surface area contributed by atoms with Crippen molar-refractivity contribution in [3.05, 3.63) is 34.3 Å². The molecule has 0 radical (unpaired) electrons. The molecule has 0 aliphatic heterocycles. The number of carbonyl (C=O) groups excluding carboxylic acids is 1. The van der Waals surface area contributed by atoms with Crippen LogP contribution in [-0.4, -0.2) is 24.6 Å². The molecular formula is C13H11BrF5NO. The smallest absolute Gasteiger partial charge is 0.346 e. The van der Waals surface area contributed by atoms with Gasteiger partial charge in [-0.1, -0.05) is 28.1 Å². The summed E-state index contributed by atoms with van der Waals surface area (Å²) in [6.45, 7) is -0.643. The van der Waals surface area contributed by atoms with E-state index in [1.807, 2.05) is 0 Å². The van der Waals surface area contributed by atoms with Crippen LogP contribution < -0.4 is 5.32 Å². The number of hydrogen-bond donors (Lipinski definition) is 1. The van der Waals surface area contributed by atoms with Crippen molar-refractivity contribution in [2.45, 2.75) is 24.9 Å². The normalized spacial score (nSPS) is 27.3. The summed E-state index contributed by atoms with van der Waals surface area (Å²) in [7, 11) is 0. The Kier molecular flexibility index (Phi) is 3.80. The van der Waals surface area contributed by atoms with Gasteiger partial charge in [-0.15, -0.1) is 0 Å². The molecule has 2 atom stereocenters. The number of hydrogen-bond acceptors (Lipinski definition) is 1. The summed E-state index contributed by atoms with van der Waals surface area (Å²) in [5.74, 6) is -6.10. The minimum atomic E-state index is -4.64. The molecule has 0 bridgehead atoms. The van der Waals surface area contributed by atoms with Crippen molar-refractivity contribution in [1.29, 1.82) is 0 Å². The second kappa shape index (κ2) is 4.93. The monoisotopic (exact) mass is 371 g/mol. The van der Waals surface area contributed by atoms with Crippen molar-refractivity contribution in [2.24, 2.45) is 5.41 Å². The van der Waals surface area contributed by atoms with Crippen molar-refractivity contribution in [3.8, 4) is 0 Å². The second-order valence-corrected chi connectivity index (χ2v) is 6.02. The molecule has 0 heterocycles. The van der Waals surface area contributed by atoms with E-state index in [4.69, 9.17) is 0 Å². The highest BCUT2D eigenvalue weighted by Gasteiger charge is 2.82. The van der Waals surface area contributed by atoms with E-state index in [0.29, 0.717) is 4.47 Å². The van der Waals surface area contributed by atoms with E-state index >= 15 is 0 Å². The van der Waals surface area contributed by atoms with E-state index in [1.54, 1.807) is 0 Å². The van der Waals surface area contributed by atoms with Crippen LogP contribution in [0.3, 0.4) is 0 Å². The maximum Gasteiger partial charge on any atom is 0.405 e. The Morgan fingerprint density at radius 2 is 1.81 bits per heavy atom. The Balaban J connectivity index is 2.18. The number of amides is 1. The van der Waals surface area contributed by atoms with Crippen LogP contribution in [0.15, 0.2) is 28.7 Å². The molecule has 21 heavy (non-hydrogen) atoms. The van der Waals surface area contributed by atoms with E-state index in [2.05, 4.69) is 15.9 Å². The van der Waals surface area contributed by atoms with Crippen LogP contribution in [0.25, 0.3) is 0 Å². The molecule has 0 saturated heterocycles. The van der Waals surface area contributed by atoms with Gasteiger partial charge in [-0.05, 0) is 24.6 Å². The van der Waals surface area contributed by atoms with Crippen LogP contribution in [0, 0.1) is 5.41 Å². The Bertz CT molecular complexity index is 557. The molecule has 1 aromatic carbocycles. The molecule has 116 valence electrons. The molecule has 1 fully saturated rings. The molecule has 2 unspecified atom stereocenters. The van der Waals surface area contributed by atoms with Crippen LogP contribution in [0.4, 0.5) is 22.0 Å². The van der Waals surface area contributed by atoms with Crippen molar-refractivity contribution in [1.82, 2.24) is 5.32 Å². The fourth-order valence-corrected chi connectivity index (χ4v) is 2.64. The highest BCUT2D eigenvalue weighted by Crippen LogP contribution is 2.71. The predicted molar refractivity (Wildman–Crippen MR) is 69.0 cm³/mol. The lowest BCUT2D eigenvalue weighted by Gasteiger charge is -2.13. The van der Waals surface area contributed by atoms with Gasteiger partial charge in [0.2, 0.25) is 5.91 Å². The van der Waals surface area contributed by atoms with Gasteiger partial charge in [0.1, 0.15) is 12.0 Å². The predicted octanol–water partition coefficient (Wildman–Crippen LogP) is 3.87. The first-order chi connectivity index (χ1) is 9.50. The molecule has 1 aliphatic carbocycles. The lowest BCUT2D eigenvalue weighted by Crippen LogP contribution is -2.39. The number of nitrogens with one attached hydrogen (secondary N) is 1. The summed E-state index contributed by atoms with van der Waals surface area (Å²) in [6, 6.07) is 5.92. The highest BCUT2D eigenvalue weighted by atomic mass is 79.9. The minimum Gasteiger partial charge on any atom is -0.346 e.